The summed E-state index contributed by atoms with van der Waals surface area (Å²) in [5.41, 5.74) is 7.35. The number of hydrogen-bond acceptors (Lipinski definition) is 10. The minimum absolute atomic E-state index is 0.165. The number of morpholine rings is 1. The second kappa shape index (κ2) is 8.14. The van der Waals surface area contributed by atoms with Crippen LogP contribution in [0.2, 0.25) is 0 Å². The third-order valence-corrected chi connectivity index (χ3v) is 4.47. The molecule has 0 radical (unpaired) electrons. The Morgan fingerprint density at radius 2 is 1.97 bits per heavy atom. The van der Waals surface area contributed by atoms with Gasteiger partial charge in [-0.1, -0.05) is 5.10 Å². The van der Waals surface area contributed by atoms with E-state index < -0.39 is 5.78 Å². The number of nitrogens with zero attached hydrogens (tertiary/aromatic N) is 6. The maximum atomic E-state index is 13.1. The quantitative estimate of drug-likeness (QED) is 0.623. The average molecular weight is 391 g/mol. The number of aromatic nitrogens is 4. The molecule has 10 heteroatoms. The van der Waals surface area contributed by atoms with Gasteiger partial charge in [0.05, 0.1) is 24.8 Å². The van der Waals surface area contributed by atoms with Crippen LogP contribution >= 0.6 is 0 Å². The molecule has 3 heterocycles. The molecule has 1 aliphatic rings. The molecule has 0 spiro atoms. The van der Waals surface area contributed by atoms with Crippen LogP contribution in [0.4, 0.5) is 6.01 Å². The first-order valence-corrected chi connectivity index (χ1v) is 8.96. The topological polar surface area (TPSA) is 144 Å². The molecule has 146 valence electrons. The summed E-state index contributed by atoms with van der Waals surface area (Å²) in [5.74, 6) is -0.333. The summed E-state index contributed by atoms with van der Waals surface area (Å²) < 4.78 is 10.9. The molecule has 10 nitrogen and oxygen atoms in total. The van der Waals surface area contributed by atoms with Gasteiger partial charge in [0.15, 0.2) is 5.82 Å². The zero-order valence-corrected chi connectivity index (χ0v) is 15.4. The van der Waals surface area contributed by atoms with E-state index in [-0.39, 0.29) is 17.5 Å². The molecule has 2 N–H and O–H groups in total. The molecule has 2 aromatic heterocycles. The van der Waals surface area contributed by atoms with E-state index in [2.05, 4.69) is 20.2 Å². The molecule has 1 aliphatic heterocycles. The fraction of sp³-hybridized carbons (Fsp3) is 0.263. The highest BCUT2D eigenvalue weighted by atomic mass is 16.5. The zero-order chi connectivity index (χ0) is 20.2. The number of ketones is 1. The minimum Gasteiger partial charge on any atom is -0.400 e. The van der Waals surface area contributed by atoms with Gasteiger partial charge in [-0.05, 0) is 18.2 Å². The van der Waals surface area contributed by atoms with Crippen LogP contribution < -0.4 is 10.6 Å². The lowest BCUT2D eigenvalue weighted by molar-refractivity contribution is 0.100. The normalized spacial score (nSPS) is 13.9. The SMILES string of the molecule is N#Cc1ccc(-c2ncc(CN)cn2)c(C(=O)c2nnc(N3CCOCC3)o2)c1. The van der Waals surface area contributed by atoms with Gasteiger partial charge in [0.25, 0.3) is 11.7 Å². The molecule has 3 aromatic rings. The van der Waals surface area contributed by atoms with Crippen LogP contribution in [0.15, 0.2) is 35.0 Å². The predicted molar refractivity (Wildman–Crippen MR) is 101 cm³/mol. The summed E-state index contributed by atoms with van der Waals surface area (Å²) in [6.07, 6.45) is 3.19. The summed E-state index contributed by atoms with van der Waals surface area (Å²) in [5, 5.41) is 17.1. The fourth-order valence-corrected chi connectivity index (χ4v) is 2.90. The van der Waals surface area contributed by atoms with Crippen molar-refractivity contribution >= 4 is 11.8 Å². The van der Waals surface area contributed by atoms with Crippen molar-refractivity contribution in [2.75, 3.05) is 31.2 Å². The summed E-state index contributed by atoms with van der Waals surface area (Å²) in [6, 6.07) is 6.98. The number of rotatable bonds is 5. The fourth-order valence-electron chi connectivity index (χ4n) is 2.90. The number of carbonyl (C=O) groups is 1. The van der Waals surface area contributed by atoms with Crippen LogP contribution in [-0.2, 0) is 11.3 Å². The highest BCUT2D eigenvalue weighted by Crippen LogP contribution is 2.25. The monoisotopic (exact) mass is 391 g/mol. The van der Waals surface area contributed by atoms with Crippen LogP contribution in [0.25, 0.3) is 11.4 Å². The first-order valence-electron chi connectivity index (χ1n) is 8.96. The lowest BCUT2D eigenvalue weighted by Crippen LogP contribution is -2.36. The summed E-state index contributed by atoms with van der Waals surface area (Å²) in [4.78, 5) is 23.5. The Morgan fingerprint density at radius 1 is 1.21 bits per heavy atom. The van der Waals surface area contributed by atoms with Crippen LogP contribution in [0.5, 0.6) is 0 Å². The smallest absolute Gasteiger partial charge is 0.318 e. The number of anilines is 1. The molecular formula is C19H17N7O3. The van der Waals surface area contributed by atoms with E-state index in [9.17, 15) is 10.1 Å². The number of benzene rings is 1. The summed E-state index contributed by atoms with van der Waals surface area (Å²) >= 11 is 0. The molecule has 1 fully saturated rings. The Balaban J connectivity index is 1.70. The van der Waals surface area contributed by atoms with Crippen molar-refractivity contribution in [2.45, 2.75) is 6.54 Å². The number of carbonyl (C=O) groups excluding carboxylic acids is 1. The van der Waals surface area contributed by atoms with Crippen LogP contribution in [0.3, 0.4) is 0 Å². The van der Waals surface area contributed by atoms with Gasteiger partial charge in [-0.25, -0.2) is 9.97 Å². The van der Waals surface area contributed by atoms with E-state index in [0.29, 0.717) is 49.8 Å². The van der Waals surface area contributed by atoms with Gasteiger partial charge in [0.2, 0.25) is 0 Å². The van der Waals surface area contributed by atoms with Crippen molar-refractivity contribution in [1.82, 2.24) is 20.2 Å². The average Bonchev–Trinajstić information content (AvgIpc) is 3.29. The largest absolute Gasteiger partial charge is 0.400 e. The third-order valence-electron chi connectivity index (χ3n) is 4.47. The van der Waals surface area contributed by atoms with Gasteiger partial charge < -0.3 is 19.8 Å². The first-order chi connectivity index (χ1) is 14.2. The molecule has 0 unspecified atom stereocenters. The van der Waals surface area contributed by atoms with Crippen molar-refractivity contribution in [3.8, 4) is 17.5 Å². The van der Waals surface area contributed by atoms with E-state index in [0.717, 1.165) is 5.56 Å². The molecule has 0 amide bonds. The Kier molecular flexibility index (Phi) is 5.24. The number of nitriles is 1. The number of nitrogens with two attached hydrogens (primary N) is 1. The zero-order valence-electron chi connectivity index (χ0n) is 15.4. The van der Waals surface area contributed by atoms with Gasteiger partial charge in [0.1, 0.15) is 0 Å². The Labute approximate surface area is 166 Å². The van der Waals surface area contributed by atoms with Crippen molar-refractivity contribution in [3.05, 3.63) is 53.2 Å². The predicted octanol–water partition coefficient (Wildman–Crippen LogP) is 0.925. The van der Waals surface area contributed by atoms with Gasteiger partial charge in [-0.2, -0.15) is 5.26 Å². The Bertz CT molecular complexity index is 1070. The first kappa shape index (κ1) is 18.7. The van der Waals surface area contributed by atoms with Crippen molar-refractivity contribution in [2.24, 2.45) is 5.73 Å². The van der Waals surface area contributed by atoms with Crippen molar-refractivity contribution in [1.29, 1.82) is 5.26 Å². The highest BCUT2D eigenvalue weighted by Gasteiger charge is 2.25. The Hall–Kier alpha value is -3.68. The molecule has 0 aliphatic carbocycles. The van der Waals surface area contributed by atoms with Gasteiger partial charge in [-0.3, -0.25) is 4.79 Å². The highest BCUT2D eigenvalue weighted by molar-refractivity contribution is 6.10. The maximum Gasteiger partial charge on any atom is 0.318 e. The standard InChI is InChI=1S/C19H17N7O3/c20-8-12-1-2-14(17-22-10-13(9-21)11-23-17)15(7-12)16(27)18-24-25-19(29-18)26-3-5-28-6-4-26/h1-2,7,10-11H,3-6,9,21H2. The molecular weight excluding hydrogens is 374 g/mol. The molecule has 0 saturated carbocycles. The van der Waals surface area contributed by atoms with E-state index in [1.807, 2.05) is 11.0 Å². The molecule has 4 rings (SSSR count). The van der Waals surface area contributed by atoms with Crippen molar-refractivity contribution in [3.63, 3.8) is 0 Å². The van der Waals surface area contributed by atoms with Gasteiger partial charge in [-0.15, -0.1) is 5.10 Å². The maximum absolute atomic E-state index is 13.1. The second-order valence-electron chi connectivity index (χ2n) is 6.31. The van der Waals surface area contributed by atoms with Crippen LogP contribution in [0, 0.1) is 11.3 Å². The lowest BCUT2D eigenvalue weighted by Gasteiger charge is -2.24. The van der Waals surface area contributed by atoms with E-state index >= 15 is 0 Å². The number of hydrogen-bond donors (Lipinski definition) is 1. The van der Waals surface area contributed by atoms with E-state index in [4.69, 9.17) is 14.9 Å². The summed E-state index contributed by atoms with van der Waals surface area (Å²) in [6.45, 7) is 2.62. The molecule has 1 saturated heterocycles. The third kappa shape index (κ3) is 3.82. The molecule has 29 heavy (non-hydrogen) atoms. The molecule has 1 aromatic carbocycles. The van der Waals surface area contributed by atoms with E-state index in [1.165, 1.54) is 6.07 Å². The second-order valence-corrected chi connectivity index (χ2v) is 6.31. The lowest BCUT2D eigenvalue weighted by atomic mass is 10.00. The number of ether oxygens (including phenoxy) is 1. The van der Waals surface area contributed by atoms with Gasteiger partial charge >= 0.3 is 6.01 Å². The minimum atomic E-state index is -0.504. The van der Waals surface area contributed by atoms with Crippen LogP contribution in [-0.4, -0.2) is 52.3 Å². The van der Waals surface area contributed by atoms with Crippen molar-refractivity contribution < 1.29 is 13.9 Å². The van der Waals surface area contributed by atoms with Crippen LogP contribution in [0.1, 0.15) is 27.4 Å². The Morgan fingerprint density at radius 3 is 2.66 bits per heavy atom. The summed E-state index contributed by atoms with van der Waals surface area (Å²) in [7, 11) is 0. The molecule has 0 bridgehead atoms. The van der Waals surface area contributed by atoms with E-state index in [1.54, 1.807) is 24.5 Å². The molecule has 0 atom stereocenters. The van der Waals surface area contributed by atoms with Gasteiger partial charge in [0, 0.05) is 48.7 Å².